The number of methoxy groups -OCH3 is 1. The van der Waals surface area contributed by atoms with E-state index in [0.29, 0.717) is 11.3 Å². The van der Waals surface area contributed by atoms with Gasteiger partial charge in [0, 0.05) is 6.54 Å². The molecule has 0 bridgehead atoms. The molecule has 2 N–H and O–H groups in total. The van der Waals surface area contributed by atoms with Gasteiger partial charge in [-0.3, -0.25) is 0 Å². The number of sulfone groups is 1. The number of ether oxygens (including phenoxy) is 1. The van der Waals surface area contributed by atoms with Crippen molar-refractivity contribution in [3.63, 3.8) is 0 Å². The fourth-order valence-electron chi connectivity index (χ4n) is 2.03. The molecule has 0 aliphatic heterocycles. The van der Waals surface area contributed by atoms with Gasteiger partial charge in [0.15, 0.2) is 9.84 Å². The summed E-state index contributed by atoms with van der Waals surface area (Å²) in [6, 6.07) is 15.3. The van der Waals surface area contributed by atoms with E-state index in [9.17, 15) is 8.42 Å². The normalized spacial score (nSPS) is 12.9. The highest BCUT2D eigenvalue weighted by Crippen LogP contribution is 2.29. The molecule has 0 aromatic heterocycles. The van der Waals surface area contributed by atoms with Crippen LogP contribution in [-0.2, 0) is 9.84 Å². The maximum atomic E-state index is 12.6. The van der Waals surface area contributed by atoms with Crippen LogP contribution in [0.4, 0.5) is 0 Å². The first-order valence-electron chi connectivity index (χ1n) is 6.22. The summed E-state index contributed by atoms with van der Waals surface area (Å²) < 4.78 is 30.3. The average Bonchev–Trinajstić information content (AvgIpc) is 2.49. The Morgan fingerprint density at radius 3 is 2.15 bits per heavy atom. The molecule has 2 aromatic rings. The molecule has 5 heteroatoms. The standard InChI is InChI=1S/C15H17NO3S/c1-19-13-9-7-12(8-10-13)15(11-16)20(17,18)14-5-3-2-4-6-14/h2-10,15H,11,16H2,1H3. The molecule has 0 spiro atoms. The minimum Gasteiger partial charge on any atom is -0.497 e. The Kier molecular flexibility index (Phi) is 4.42. The van der Waals surface area contributed by atoms with Gasteiger partial charge in [-0.15, -0.1) is 0 Å². The van der Waals surface area contributed by atoms with Crippen molar-refractivity contribution in [2.75, 3.05) is 13.7 Å². The monoisotopic (exact) mass is 291 g/mol. The van der Waals surface area contributed by atoms with Gasteiger partial charge in [0.25, 0.3) is 0 Å². The molecule has 0 aliphatic carbocycles. The van der Waals surface area contributed by atoms with Crippen molar-refractivity contribution in [2.24, 2.45) is 5.73 Å². The van der Waals surface area contributed by atoms with E-state index in [0.717, 1.165) is 0 Å². The summed E-state index contributed by atoms with van der Waals surface area (Å²) in [5, 5.41) is -0.754. The molecule has 2 aromatic carbocycles. The van der Waals surface area contributed by atoms with Crippen LogP contribution in [0.15, 0.2) is 59.5 Å². The molecule has 106 valence electrons. The first kappa shape index (κ1) is 14.6. The van der Waals surface area contributed by atoms with Crippen LogP contribution < -0.4 is 10.5 Å². The predicted octanol–water partition coefficient (Wildman–Crippen LogP) is 2.17. The molecule has 1 unspecified atom stereocenters. The van der Waals surface area contributed by atoms with Crippen LogP contribution in [0.5, 0.6) is 5.75 Å². The highest BCUT2D eigenvalue weighted by molar-refractivity contribution is 7.91. The lowest BCUT2D eigenvalue weighted by atomic mass is 10.1. The van der Waals surface area contributed by atoms with E-state index in [-0.39, 0.29) is 11.4 Å². The van der Waals surface area contributed by atoms with Crippen molar-refractivity contribution in [3.8, 4) is 5.75 Å². The van der Waals surface area contributed by atoms with Crippen molar-refractivity contribution < 1.29 is 13.2 Å². The van der Waals surface area contributed by atoms with Crippen LogP contribution >= 0.6 is 0 Å². The number of hydrogen-bond donors (Lipinski definition) is 1. The van der Waals surface area contributed by atoms with E-state index in [1.54, 1.807) is 61.7 Å². The van der Waals surface area contributed by atoms with Crippen molar-refractivity contribution in [1.29, 1.82) is 0 Å². The van der Waals surface area contributed by atoms with E-state index in [2.05, 4.69) is 0 Å². The SMILES string of the molecule is COc1ccc(C(CN)S(=O)(=O)c2ccccc2)cc1. The van der Waals surface area contributed by atoms with Gasteiger partial charge in [0.1, 0.15) is 11.0 Å². The van der Waals surface area contributed by atoms with Gasteiger partial charge < -0.3 is 10.5 Å². The topological polar surface area (TPSA) is 69.4 Å². The Labute approximate surface area is 119 Å². The molecule has 0 saturated heterocycles. The van der Waals surface area contributed by atoms with Crippen LogP contribution in [0.3, 0.4) is 0 Å². The molecule has 4 nitrogen and oxygen atoms in total. The number of nitrogens with two attached hydrogens (primary N) is 1. The largest absolute Gasteiger partial charge is 0.497 e. The minimum absolute atomic E-state index is 0.0313. The first-order valence-corrected chi connectivity index (χ1v) is 7.77. The summed E-state index contributed by atoms with van der Waals surface area (Å²) >= 11 is 0. The summed E-state index contributed by atoms with van der Waals surface area (Å²) in [5.41, 5.74) is 6.35. The predicted molar refractivity (Wildman–Crippen MR) is 78.4 cm³/mol. The Hall–Kier alpha value is -1.85. The fraction of sp³-hybridized carbons (Fsp3) is 0.200. The van der Waals surface area contributed by atoms with E-state index >= 15 is 0 Å². The minimum atomic E-state index is -3.49. The lowest BCUT2D eigenvalue weighted by Gasteiger charge is -2.16. The molecule has 1 atom stereocenters. The Morgan fingerprint density at radius 1 is 1.05 bits per heavy atom. The van der Waals surface area contributed by atoms with Crippen LogP contribution in [0.2, 0.25) is 0 Å². The third-order valence-electron chi connectivity index (χ3n) is 3.15. The van der Waals surface area contributed by atoms with Gasteiger partial charge in [-0.05, 0) is 29.8 Å². The van der Waals surface area contributed by atoms with Crippen LogP contribution in [0.25, 0.3) is 0 Å². The van der Waals surface area contributed by atoms with Crippen molar-refractivity contribution in [3.05, 3.63) is 60.2 Å². The molecular weight excluding hydrogens is 274 g/mol. The van der Waals surface area contributed by atoms with Crippen LogP contribution in [0.1, 0.15) is 10.8 Å². The van der Waals surface area contributed by atoms with Crippen LogP contribution in [0, 0.1) is 0 Å². The maximum Gasteiger partial charge on any atom is 0.186 e. The van der Waals surface area contributed by atoms with Gasteiger partial charge in [0.2, 0.25) is 0 Å². The maximum absolute atomic E-state index is 12.6. The fourth-order valence-corrected chi connectivity index (χ4v) is 3.67. The molecule has 0 saturated carbocycles. The number of hydrogen-bond acceptors (Lipinski definition) is 4. The van der Waals surface area contributed by atoms with Gasteiger partial charge in [-0.1, -0.05) is 30.3 Å². The number of benzene rings is 2. The summed E-state index contributed by atoms with van der Waals surface area (Å²) in [5.74, 6) is 0.682. The summed E-state index contributed by atoms with van der Waals surface area (Å²) in [6.07, 6.45) is 0. The van der Waals surface area contributed by atoms with Crippen LogP contribution in [-0.4, -0.2) is 22.1 Å². The smallest absolute Gasteiger partial charge is 0.186 e. The molecule has 0 fully saturated rings. The van der Waals surface area contributed by atoms with Gasteiger partial charge in [-0.2, -0.15) is 0 Å². The molecule has 0 heterocycles. The quantitative estimate of drug-likeness (QED) is 0.916. The Balaban J connectivity index is 2.41. The lowest BCUT2D eigenvalue weighted by Crippen LogP contribution is -2.22. The number of rotatable bonds is 5. The van der Waals surface area contributed by atoms with Gasteiger partial charge in [0.05, 0.1) is 12.0 Å². The molecular formula is C15H17NO3S. The van der Waals surface area contributed by atoms with E-state index in [1.807, 2.05) is 0 Å². The summed E-state index contributed by atoms with van der Waals surface area (Å²) in [6.45, 7) is 0.0313. The molecule has 20 heavy (non-hydrogen) atoms. The van der Waals surface area contributed by atoms with Gasteiger partial charge >= 0.3 is 0 Å². The second-order valence-electron chi connectivity index (χ2n) is 4.36. The zero-order valence-corrected chi connectivity index (χ0v) is 12.0. The van der Waals surface area contributed by atoms with Crippen molar-refractivity contribution in [1.82, 2.24) is 0 Å². The van der Waals surface area contributed by atoms with E-state index in [1.165, 1.54) is 0 Å². The van der Waals surface area contributed by atoms with Crippen molar-refractivity contribution in [2.45, 2.75) is 10.1 Å². The third-order valence-corrected chi connectivity index (χ3v) is 5.29. The summed E-state index contributed by atoms with van der Waals surface area (Å²) in [7, 11) is -1.92. The summed E-state index contributed by atoms with van der Waals surface area (Å²) in [4.78, 5) is 0.284. The van der Waals surface area contributed by atoms with Gasteiger partial charge in [-0.25, -0.2) is 8.42 Å². The van der Waals surface area contributed by atoms with E-state index < -0.39 is 15.1 Å². The van der Waals surface area contributed by atoms with E-state index in [4.69, 9.17) is 10.5 Å². The highest BCUT2D eigenvalue weighted by Gasteiger charge is 2.27. The first-order chi connectivity index (χ1) is 9.59. The lowest BCUT2D eigenvalue weighted by molar-refractivity contribution is 0.414. The molecule has 0 radical (unpaired) electrons. The molecule has 2 rings (SSSR count). The average molecular weight is 291 g/mol. The third kappa shape index (κ3) is 2.84. The Bertz CT molecular complexity index is 651. The zero-order chi connectivity index (χ0) is 14.6. The second-order valence-corrected chi connectivity index (χ2v) is 6.49. The zero-order valence-electron chi connectivity index (χ0n) is 11.2. The second kappa shape index (κ2) is 6.07. The molecule has 0 amide bonds. The highest BCUT2D eigenvalue weighted by atomic mass is 32.2. The molecule has 0 aliphatic rings. The van der Waals surface area contributed by atoms with Crippen molar-refractivity contribution >= 4 is 9.84 Å². The Morgan fingerprint density at radius 2 is 1.65 bits per heavy atom.